The van der Waals surface area contributed by atoms with Crippen LogP contribution in [0.5, 0.6) is 0 Å². The maximum Gasteiger partial charge on any atom is 0.310 e. The van der Waals surface area contributed by atoms with Crippen LogP contribution in [-0.4, -0.2) is 34.9 Å². The van der Waals surface area contributed by atoms with E-state index in [2.05, 4.69) is 0 Å². The summed E-state index contributed by atoms with van der Waals surface area (Å²) in [7, 11) is 1.38. The van der Waals surface area contributed by atoms with E-state index in [9.17, 15) is 19.7 Å². The first-order chi connectivity index (χ1) is 13.5. The number of nitro benzene ring substituents is 1. The molecule has 1 amide bonds. The van der Waals surface area contributed by atoms with Gasteiger partial charge in [-0.1, -0.05) is 18.6 Å². The van der Waals surface area contributed by atoms with Crippen LogP contribution >= 0.6 is 0 Å². The highest BCUT2D eigenvalue weighted by Gasteiger charge is 2.42. The first-order valence-electron chi connectivity index (χ1n) is 9.26. The topological polar surface area (TPSA) is 89.8 Å². The van der Waals surface area contributed by atoms with Crippen molar-refractivity contribution < 1.29 is 19.2 Å². The van der Waals surface area contributed by atoms with Gasteiger partial charge in [-0.15, -0.1) is 0 Å². The van der Waals surface area contributed by atoms with E-state index in [1.54, 1.807) is 17.0 Å². The molecule has 2 aromatic rings. The Kier molecular flexibility index (Phi) is 4.58. The van der Waals surface area contributed by atoms with Gasteiger partial charge in [0.05, 0.1) is 18.0 Å². The molecule has 28 heavy (non-hydrogen) atoms. The third-order valence-electron chi connectivity index (χ3n) is 5.74. The third-order valence-corrected chi connectivity index (χ3v) is 5.74. The average Bonchev–Trinajstić information content (AvgIpc) is 3.32. The van der Waals surface area contributed by atoms with Crippen molar-refractivity contribution in [2.24, 2.45) is 5.92 Å². The van der Waals surface area contributed by atoms with Crippen LogP contribution in [0.3, 0.4) is 0 Å². The summed E-state index contributed by atoms with van der Waals surface area (Å²) in [6.45, 7) is 0.493. The smallest absolute Gasteiger partial charge is 0.310 e. The van der Waals surface area contributed by atoms with Crippen molar-refractivity contribution in [3.05, 3.63) is 63.7 Å². The van der Waals surface area contributed by atoms with Crippen LogP contribution in [0.4, 0.5) is 5.69 Å². The molecule has 144 valence electrons. The third kappa shape index (κ3) is 3.02. The zero-order valence-corrected chi connectivity index (χ0v) is 15.5. The van der Waals surface area contributed by atoms with Gasteiger partial charge in [0.25, 0.3) is 11.6 Å². The Labute approximate surface area is 162 Å². The van der Waals surface area contributed by atoms with Gasteiger partial charge in [0.2, 0.25) is 0 Å². The molecule has 1 heterocycles. The van der Waals surface area contributed by atoms with E-state index in [4.69, 9.17) is 4.74 Å². The number of rotatable bonds is 4. The van der Waals surface area contributed by atoms with Crippen molar-refractivity contribution in [3.8, 4) is 11.1 Å². The largest absolute Gasteiger partial charge is 0.469 e. The van der Waals surface area contributed by atoms with E-state index in [-0.39, 0.29) is 29.5 Å². The summed E-state index contributed by atoms with van der Waals surface area (Å²) >= 11 is 0. The van der Waals surface area contributed by atoms with Gasteiger partial charge in [0.1, 0.15) is 0 Å². The molecule has 0 N–H and O–H groups in total. The predicted octanol–water partition coefficient (Wildman–Crippen LogP) is 3.56. The number of ether oxygens (including phenoxy) is 1. The zero-order valence-electron chi connectivity index (χ0n) is 15.5. The molecule has 7 nitrogen and oxygen atoms in total. The number of hydrogen-bond donors (Lipinski definition) is 0. The summed E-state index contributed by atoms with van der Waals surface area (Å²) in [5.74, 6) is -0.588. The molecule has 0 radical (unpaired) electrons. The first-order valence-corrected chi connectivity index (χ1v) is 9.26. The number of hydrogen-bond acceptors (Lipinski definition) is 5. The standard InChI is InChI=1S/C21H20N2O5/c1-28-21(25)17-3-2-4-19(17)22-12-15-6-5-14(11-18(15)20(22)24)13-7-9-16(10-8-13)23(26)27/h5-11,17,19H,2-4,12H2,1H3/t17-,19+/m0/s1. The highest BCUT2D eigenvalue weighted by Crippen LogP contribution is 2.37. The van der Waals surface area contributed by atoms with Crippen molar-refractivity contribution in [1.29, 1.82) is 0 Å². The number of nitrogens with zero attached hydrogens (tertiary/aromatic N) is 2. The molecule has 1 aliphatic heterocycles. The number of esters is 1. The number of nitro groups is 1. The summed E-state index contributed by atoms with van der Waals surface area (Å²) in [6.07, 6.45) is 2.44. The summed E-state index contributed by atoms with van der Waals surface area (Å²) in [5, 5.41) is 10.8. The predicted molar refractivity (Wildman–Crippen MR) is 102 cm³/mol. The van der Waals surface area contributed by atoms with E-state index in [0.29, 0.717) is 12.1 Å². The van der Waals surface area contributed by atoms with Crippen molar-refractivity contribution >= 4 is 17.6 Å². The lowest BCUT2D eigenvalue weighted by Crippen LogP contribution is -2.41. The molecule has 0 aromatic heterocycles. The van der Waals surface area contributed by atoms with Crippen molar-refractivity contribution in [2.45, 2.75) is 31.8 Å². The van der Waals surface area contributed by atoms with Gasteiger partial charge in [0, 0.05) is 30.3 Å². The quantitative estimate of drug-likeness (QED) is 0.460. The minimum absolute atomic E-state index is 0.0299. The van der Waals surface area contributed by atoms with Crippen LogP contribution in [0.1, 0.15) is 35.2 Å². The number of carbonyl (C=O) groups excluding carboxylic acids is 2. The van der Waals surface area contributed by atoms with E-state index in [1.807, 2.05) is 18.2 Å². The molecule has 2 atom stereocenters. The Balaban J connectivity index is 1.60. The highest BCUT2D eigenvalue weighted by atomic mass is 16.6. The lowest BCUT2D eigenvalue weighted by Gasteiger charge is -2.28. The van der Waals surface area contributed by atoms with Gasteiger partial charge in [-0.25, -0.2) is 0 Å². The molecule has 1 aliphatic carbocycles. The van der Waals surface area contributed by atoms with Gasteiger partial charge in [0.15, 0.2) is 0 Å². The SMILES string of the molecule is COC(=O)[C@H]1CCC[C@H]1N1Cc2ccc(-c3ccc([N+](=O)[O-])cc3)cc2C1=O. The van der Waals surface area contributed by atoms with Gasteiger partial charge < -0.3 is 9.64 Å². The maximum absolute atomic E-state index is 13.1. The Bertz CT molecular complexity index is 954. The number of non-ortho nitro benzene ring substituents is 1. The normalized spacial score (nSPS) is 20.9. The van der Waals surface area contributed by atoms with Crippen molar-refractivity contribution in [2.75, 3.05) is 7.11 Å². The van der Waals surface area contributed by atoms with Crippen LogP contribution < -0.4 is 0 Å². The molecule has 1 saturated carbocycles. The van der Waals surface area contributed by atoms with Gasteiger partial charge in [-0.05, 0) is 47.7 Å². The number of methoxy groups -OCH3 is 1. The lowest BCUT2D eigenvalue weighted by atomic mass is 10.0. The fourth-order valence-corrected chi connectivity index (χ4v) is 4.29. The second-order valence-electron chi connectivity index (χ2n) is 7.24. The minimum Gasteiger partial charge on any atom is -0.469 e. The van der Waals surface area contributed by atoms with Crippen LogP contribution in [0, 0.1) is 16.0 Å². The Morgan fingerprint density at radius 1 is 1.14 bits per heavy atom. The number of carbonyl (C=O) groups is 2. The summed E-state index contributed by atoms with van der Waals surface area (Å²) in [6, 6.07) is 11.8. The number of benzene rings is 2. The summed E-state index contributed by atoms with van der Waals surface area (Å²) in [4.78, 5) is 37.3. The van der Waals surface area contributed by atoms with E-state index >= 15 is 0 Å². The number of amides is 1. The number of fused-ring (bicyclic) bond motifs is 1. The highest BCUT2D eigenvalue weighted by molar-refractivity contribution is 6.00. The minimum atomic E-state index is -0.437. The maximum atomic E-state index is 13.1. The Morgan fingerprint density at radius 2 is 1.86 bits per heavy atom. The van der Waals surface area contributed by atoms with Crippen LogP contribution in [0.2, 0.25) is 0 Å². The molecule has 2 aromatic carbocycles. The van der Waals surface area contributed by atoms with Gasteiger partial charge in [-0.3, -0.25) is 19.7 Å². The molecule has 1 fully saturated rings. The Morgan fingerprint density at radius 3 is 2.54 bits per heavy atom. The van der Waals surface area contributed by atoms with Crippen molar-refractivity contribution in [1.82, 2.24) is 4.90 Å². The van der Waals surface area contributed by atoms with E-state index in [0.717, 1.165) is 36.0 Å². The van der Waals surface area contributed by atoms with Gasteiger partial charge >= 0.3 is 5.97 Å². The molecule has 2 aliphatic rings. The second-order valence-corrected chi connectivity index (χ2v) is 7.24. The first kappa shape index (κ1) is 18.2. The molecular weight excluding hydrogens is 360 g/mol. The Hall–Kier alpha value is -3.22. The molecular formula is C21H20N2O5. The van der Waals surface area contributed by atoms with Crippen molar-refractivity contribution in [3.63, 3.8) is 0 Å². The fourth-order valence-electron chi connectivity index (χ4n) is 4.29. The summed E-state index contributed by atoms with van der Waals surface area (Å²) in [5.41, 5.74) is 3.24. The second kappa shape index (κ2) is 7.07. The van der Waals surface area contributed by atoms with Crippen LogP contribution in [0.25, 0.3) is 11.1 Å². The van der Waals surface area contributed by atoms with Crippen LogP contribution in [-0.2, 0) is 16.1 Å². The lowest BCUT2D eigenvalue weighted by molar-refractivity contribution is -0.384. The molecule has 4 rings (SSSR count). The summed E-state index contributed by atoms with van der Waals surface area (Å²) < 4.78 is 4.91. The van der Waals surface area contributed by atoms with E-state index in [1.165, 1.54) is 19.2 Å². The van der Waals surface area contributed by atoms with E-state index < -0.39 is 4.92 Å². The molecule has 0 saturated heterocycles. The fraction of sp³-hybridized carbons (Fsp3) is 0.333. The molecule has 0 unspecified atom stereocenters. The monoisotopic (exact) mass is 380 g/mol. The van der Waals surface area contributed by atoms with Crippen LogP contribution in [0.15, 0.2) is 42.5 Å². The average molecular weight is 380 g/mol. The molecule has 0 spiro atoms. The zero-order chi connectivity index (χ0) is 19.8. The molecule has 0 bridgehead atoms. The van der Waals surface area contributed by atoms with Gasteiger partial charge in [-0.2, -0.15) is 0 Å². The molecule has 7 heteroatoms.